The third-order valence-electron chi connectivity index (χ3n) is 4.83. The van der Waals surface area contributed by atoms with Gasteiger partial charge in [0.25, 0.3) is 0 Å². The minimum atomic E-state index is 0.110. The summed E-state index contributed by atoms with van der Waals surface area (Å²) in [5.41, 5.74) is 1.99. The number of carbonyl (C=O) groups is 1. The molecule has 1 aliphatic heterocycles. The Morgan fingerprint density at radius 2 is 2.21 bits per heavy atom. The first-order valence-corrected chi connectivity index (χ1v) is 8.57. The number of amides is 1. The normalized spacial score (nSPS) is 18.0. The lowest BCUT2D eigenvalue weighted by atomic mass is 9.85. The van der Waals surface area contributed by atoms with Gasteiger partial charge in [-0.3, -0.25) is 9.48 Å². The van der Waals surface area contributed by atoms with E-state index in [-0.39, 0.29) is 5.91 Å². The van der Waals surface area contributed by atoms with Crippen LogP contribution in [0, 0.1) is 0 Å². The smallest absolute Gasteiger partial charge is 0.315 e. The summed E-state index contributed by atoms with van der Waals surface area (Å²) in [7, 11) is 0. The third kappa shape index (κ3) is 3.00. The molecule has 128 valence electrons. The van der Waals surface area contributed by atoms with Crippen LogP contribution in [0.3, 0.4) is 0 Å². The molecule has 1 fully saturated rings. The second-order valence-corrected chi connectivity index (χ2v) is 6.57. The molecule has 0 unspecified atom stereocenters. The van der Waals surface area contributed by atoms with E-state index in [1.807, 2.05) is 15.6 Å². The van der Waals surface area contributed by atoms with Crippen LogP contribution in [0.1, 0.15) is 55.8 Å². The van der Waals surface area contributed by atoms with E-state index in [0.717, 1.165) is 49.6 Å². The van der Waals surface area contributed by atoms with Gasteiger partial charge in [0.1, 0.15) is 0 Å². The Morgan fingerprint density at radius 1 is 1.33 bits per heavy atom. The number of hydrogen-bond donors (Lipinski definition) is 1. The lowest BCUT2D eigenvalue weighted by molar-refractivity contribution is -0.129. The number of fused-ring (bicyclic) bond motifs is 1. The monoisotopic (exact) mass is 330 g/mol. The van der Waals surface area contributed by atoms with Crippen LogP contribution in [0.25, 0.3) is 0 Å². The van der Waals surface area contributed by atoms with Gasteiger partial charge in [-0.1, -0.05) is 11.5 Å². The molecular formula is C16H22N6O2. The van der Waals surface area contributed by atoms with Gasteiger partial charge in [0.15, 0.2) is 0 Å². The van der Waals surface area contributed by atoms with Crippen LogP contribution in [-0.2, 0) is 24.4 Å². The van der Waals surface area contributed by atoms with Gasteiger partial charge in [0, 0.05) is 25.9 Å². The number of aryl methyl sites for hydroxylation is 1. The molecule has 24 heavy (non-hydrogen) atoms. The van der Waals surface area contributed by atoms with E-state index in [2.05, 4.69) is 20.6 Å². The van der Waals surface area contributed by atoms with Gasteiger partial charge in [0.2, 0.25) is 11.8 Å². The van der Waals surface area contributed by atoms with Crippen molar-refractivity contribution < 1.29 is 9.21 Å². The van der Waals surface area contributed by atoms with Crippen LogP contribution in [0.4, 0.5) is 6.01 Å². The highest BCUT2D eigenvalue weighted by molar-refractivity contribution is 5.73. The molecule has 1 N–H and O–H groups in total. The van der Waals surface area contributed by atoms with Crippen LogP contribution in [0.5, 0.6) is 0 Å². The number of nitrogens with zero attached hydrogens (tertiary/aromatic N) is 5. The molecule has 0 aromatic carbocycles. The molecule has 0 bridgehead atoms. The summed E-state index contributed by atoms with van der Waals surface area (Å²) in [5, 5.41) is 15.9. The molecule has 3 heterocycles. The average molecular weight is 330 g/mol. The minimum Gasteiger partial charge on any atom is -0.408 e. The fraction of sp³-hybridized carbons (Fsp3) is 0.625. The van der Waals surface area contributed by atoms with Crippen LogP contribution in [0.2, 0.25) is 0 Å². The number of carbonyl (C=O) groups excluding carboxylic acids is 1. The van der Waals surface area contributed by atoms with Crippen LogP contribution < -0.4 is 5.32 Å². The van der Waals surface area contributed by atoms with Gasteiger partial charge < -0.3 is 14.6 Å². The Balaban J connectivity index is 1.39. The summed E-state index contributed by atoms with van der Waals surface area (Å²) in [5.74, 6) is 1.29. The first-order chi connectivity index (χ1) is 11.7. The van der Waals surface area contributed by atoms with Crippen molar-refractivity contribution in [2.75, 3.05) is 11.9 Å². The topological polar surface area (TPSA) is 89.1 Å². The SMILES string of the molecule is CC(=O)N1CCCn2nc(CNc3nnc(C4CCC4)o3)cc2C1. The lowest BCUT2D eigenvalue weighted by Gasteiger charge is -2.20. The highest BCUT2D eigenvalue weighted by Crippen LogP contribution is 2.35. The molecule has 2 aromatic heterocycles. The number of nitrogens with one attached hydrogen (secondary N) is 1. The average Bonchev–Trinajstić information content (AvgIpc) is 3.05. The molecule has 0 atom stereocenters. The third-order valence-corrected chi connectivity index (χ3v) is 4.83. The van der Waals surface area contributed by atoms with Crippen molar-refractivity contribution in [2.45, 2.75) is 58.2 Å². The summed E-state index contributed by atoms with van der Waals surface area (Å²) >= 11 is 0. The molecule has 1 aliphatic carbocycles. The van der Waals surface area contributed by atoms with E-state index in [9.17, 15) is 4.79 Å². The maximum absolute atomic E-state index is 11.6. The van der Waals surface area contributed by atoms with Crippen molar-refractivity contribution in [3.63, 3.8) is 0 Å². The fourth-order valence-electron chi connectivity index (χ4n) is 3.17. The molecule has 0 saturated heterocycles. The van der Waals surface area contributed by atoms with Crippen LogP contribution in [0.15, 0.2) is 10.5 Å². The van der Waals surface area contributed by atoms with Crippen molar-refractivity contribution >= 4 is 11.9 Å². The summed E-state index contributed by atoms with van der Waals surface area (Å²) in [4.78, 5) is 13.5. The number of anilines is 1. The highest BCUT2D eigenvalue weighted by atomic mass is 16.4. The fourth-order valence-corrected chi connectivity index (χ4v) is 3.17. The van der Waals surface area contributed by atoms with Crippen molar-refractivity contribution in [3.8, 4) is 0 Å². The Morgan fingerprint density at radius 3 is 2.96 bits per heavy atom. The number of rotatable bonds is 4. The van der Waals surface area contributed by atoms with E-state index >= 15 is 0 Å². The van der Waals surface area contributed by atoms with E-state index in [1.54, 1.807) is 6.92 Å². The maximum Gasteiger partial charge on any atom is 0.315 e. The zero-order chi connectivity index (χ0) is 16.5. The standard InChI is InChI=1S/C16H22N6O2/c1-11(23)21-6-3-7-22-14(10-21)8-13(20-22)9-17-16-19-18-15(24-16)12-4-2-5-12/h8,12H,2-7,9-10H2,1H3,(H,17,19). The molecule has 8 nitrogen and oxygen atoms in total. The Hall–Kier alpha value is -2.38. The zero-order valence-electron chi connectivity index (χ0n) is 13.9. The van der Waals surface area contributed by atoms with Gasteiger partial charge in [-0.25, -0.2) is 0 Å². The van der Waals surface area contributed by atoms with Crippen LogP contribution >= 0.6 is 0 Å². The molecule has 0 spiro atoms. The van der Waals surface area contributed by atoms with Gasteiger partial charge in [-0.2, -0.15) is 5.10 Å². The van der Waals surface area contributed by atoms with E-state index in [4.69, 9.17) is 4.42 Å². The quantitative estimate of drug-likeness (QED) is 0.921. The Bertz CT molecular complexity index is 733. The summed E-state index contributed by atoms with van der Waals surface area (Å²) in [6, 6.07) is 2.49. The van der Waals surface area contributed by atoms with Crippen LogP contribution in [-0.4, -0.2) is 37.3 Å². The van der Waals surface area contributed by atoms with Crippen molar-refractivity contribution in [3.05, 3.63) is 23.3 Å². The van der Waals surface area contributed by atoms with E-state index in [0.29, 0.717) is 25.0 Å². The van der Waals surface area contributed by atoms with Gasteiger partial charge in [-0.05, 0) is 25.3 Å². The zero-order valence-corrected chi connectivity index (χ0v) is 13.9. The second kappa shape index (κ2) is 6.26. The van der Waals surface area contributed by atoms with Gasteiger partial charge in [0.05, 0.1) is 24.5 Å². The Labute approximate surface area is 140 Å². The maximum atomic E-state index is 11.6. The summed E-state index contributed by atoms with van der Waals surface area (Å²) < 4.78 is 7.65. The predicted octanol–water partition coefficient (Wildman–Crippen LogP) is 1.90. The van der Waals surface area contributed by atoms with E-state index < -0.39 is 0 Å². The minimum absolute atomic E-state index is 0.110. The molecule has 2 aliphatic rings. The molecule has 1 saturated carbocycles. The number of hydrogen-bond acceptors (Lipinski definition) is 6. The molecule has 8 heteroatoms. The predicted molar refractivity (Wildman–Crippen MR) is 86.2 cm³/mol. The molecular weight excluding hydrogens is 308 g/mol. The lowest BCUT2D eigenvalue weighted by Crippen LogP contribution is -2.28. The van der Waals surface area contributed by atoms with Gasteiger partial charge >= 0.3 is 6.01 Å². The molecule has 4 rings (SSSR count). The Kier molecular flexibility index (Phi) is 3.95. The van der Waals surface area contributed by atoms with Crippen molar-refractivity contribution in [1.82, 2.24) is 24.9 Å². The van der Waals surface area contributed by atoms with E-state index in [1.165, 1.54) is 6.42 Å². The van der Waals surface area contributed by atoms with Crippen molar-refractivity contribution in [2.24, 2.45) is 0 Å². The first kappa shape index (κ1) is 15.2. The second-order valence-electron chi connectivity index (χ2n) is 6.57. The number of aromatic nitrogens is 4. The summed E-state index contributed by atoms with van der Waals surface area (Å²) in [6.07, 6.45) is 4.45. The van der Waals surface area contributed by atoms with Crippen molar-refractivity contribution in [1.29, 1.82) is 0 Å². The largest absolute Gasteiger partial charge is 0.408 e. The molecule has 2 aromatic rings. The summed E-state index contributed by atoms with van der Waals surface area (Å²) in [6.45, 7) is 4.40. The van der Waals surface area contributed by atoms with Gasteiger partial charge in [-0.15, -0.1) is 5.10 Å². The molecule has 0 radical (unpaired) electrons. The highest BCUT2D eigenvalue weighted by Gasteiger charge is 2.25. The first-order valence-electron chi connectivity index (χ1n) is 8.57. The molecule has 1 amide bonds.